The summed E-state index contributed by atoms with van der Waals surface area (Å²) in [6.45, 7) is 0.416. The van der Waals surface area contributed by atoms with Crippen molar-refractivity contribution >= 4 is 15.7 Å². The highest BCUT2D eigenvalue weighted by molar-refractivity contribution is 7.90. The highest BCUT2D eigenvalue weighted by atomic mass is 32.2. The molecule has 1 aromatic rings. The fourth-order valence-corrected chi connectivity index (χ4v) is 2.02. The first-order valence-corrected chi connectivity index (χ1v) is 7.64. The van der Waals surface area contributed by atoms with Crippen molar-refractivity contribution < 1.29 is 13.2 Å². The molecular formula is C10H18N4O3S. The number of nitrogens with one attached hydrogen (secondary N) is 2. The molecule has 0 aliphatic rings. The quantitative estimate of drug-likeness (QED) is 0.579. The summed E-state index contributed by atoms with van der Waals surface area (Å²) in [4.78, 5) is 18.4. The number of rotatable bonds is 7. The Kier molecular flexibility index (Phi) is 5.29. The Labute approximate surface area is 106 Å². The number of amides is 1. The zero-order valence-electron chi connectivity index (χ0n) is 10.2. The lowest BCUT2D eigenvalue weighted by molar-refractivity contribution is -0.122. The summed E-state index contributed by atoms with van der Waals surface area (Å²) in [6, 6.07) is -0.795. The minimum Gasteiger partial charge on any atom is -0.354 e. The second-order valence-electron chi connectivity index (χ2n) is 4.10. The molecule has 1 unspecified atom stereocenters. The second-order valence-corrected chi connectivity index (χ2v) is 6.36. The topological polar surface area (TPSA) is 118 Å². The Hall–Kier alpha value is -1.41. The minimum atomic E-state index is -3.08. The summed E-state index contributed by atoms with van der Waals surface area (Å²) in [6.07, 6.45) is 5.17. The van der Waals surface area contributed by atoms with Gasteiger partial charge in [-0.25, -0.2) is 13.4 Å². The molecule has 1 heterocycles. The smallest absolute Gasteiger partial charge is 0.236 e. The van der Waals surface area contributed by atoms with E-state index >= 15 is 0 Å². The number of carbonyl (C=O) groups is 1. The van der Waals surface area contributed by atoms with Crippen molar-refractivity contribution in [2.75, 3.05) is 18.6 Å². The Morgan fingerprint density at radius 2 is 2.33 bits per heavy atom. The van der Waals surface area contributed by atoms with Crippen LogP contribution in [0, 0.1) is 0 Å². The lowest BCUT2D eigenvalue weighted by atomic mass is 10.2. The fourth-order valence-electron chi connectivity index (χ4n) is 1.34. The zero-order valence-corrected chi connectivity index (χ0v) is 11.0. The van der Waals surface area contributed by atoms with Crippen LogP contribution in [0.5, 0.6) is 0 Å². The summed E-state index contributed by atoms with van der Waals surface area (Å²) < 4.78 is 21.9. The Morgan fingerprint density at radius 3 is 2.89 bits per heavy atom. The molecule has 0 saturated heterocycles. The van der Waals surface area contributed by atoms with Crippen LogP contribution < -0.4 is 11.1 Å². The number of H-pyrrole nitrogens is 1. The van der Waals surface area contributed by atoms with Crippen LogP contribution in [-0.2, 0) is 21.1 Å². The molecule has 1 rings (SSSR count). The van der Waals surface area contributed by atoms with Crippen LogP contribution in [0.4, 0.5) is 0 Å². The van der Waals surface area contributed by atoms with Gasteiger partial charge in [0.1, 0.15) is 15.7 Å². The van der Waals surface area contributed by atoms with E-state index in [2.05, 4.69) is 15.3 Å². The van der Waals surface area contributed by atoms with Crippen molar-refractivity contribution in [1.82, 2.24) is 15.3 Å². The molecule has 4 N–H and O–H groups in total. The number of aromatic amines is 1. The standard InChI is InChI=1S/C10H18N4O3S/c1-18(16,17)7-3-8(11)10(15)14-4-2-9-12-5-6-13-9/h5-6,8H,2-4,7,11H2,1H3,(H,12,13)(H,14,15). The van der Waals surface area contributed by atoms with E-state index in [9.17, 15) is 13.2 Å². The van der Waals surface area contributed by atoms with E-state index in [4.69, 9.17) is 5.73 Å². The van der Waals surface area contributed by atoms with Crippen molar-refractivity contribution in [3.05, 3.63) is 18.2 Å². The molecule has 0 radical (unpaired) electrons. The van der Waals surface area contributed by atoms with Gasteiger partial charge in [-0.2, -0.15) is 0 Å². The van der Waals surface area contributed by atoms with Gasteiger partial charge in [-0.15, -0.1) is 0 Å². The summed E-state index contributed by atoms with van der Waals surface area (Å²) in [5, 5.41) is 2.64. The number of imidazole rings is 1. The molecule has 0 saturated carbocycles. The first-order chi connectivity index (χ1) is 8.38. The van der Waals surface area contributed by atoms with Gasteiger partial charge in [0.05, 0.1) is 11.8 Å². The van der Waals surface area contributed by atoms with Gasteiger partial charge in [0.25, 0.3) is 0 Å². The SMILES string of the molecule is CS(=O)(=O)CCC(N)C(=O)NCCc1ncc[nH]1. The molecule has 8 heteroatoms. The molecule has 0 aliphatic carbocycles. The maximum absolute atomic E-state index is 11.5. The predicted octanol–water partition coefficient (Wildman–Crippen LogP) is -1.17. The van der Waals surface area contributed by atoms with E-state index in [1.54, 1.807) is 12.4 Å². The molecule has 7 nitrogen and oxygen atoms in total. The van der Waals surface area contributed by atoms with Crippen molar-refractivity contribution in [1.29, 1.82) is 0 Å². The summed E-state index contributed by atoms with van der Waals surface area (Å²) in [5.74, 6) is 0.352. The van der Waals surface area contributed by atoms with Gasteiger partial charge < -0.3 is 16.0 Å². The van der Waals surface area contributed by atoms with E-state index < -0.39 is 15.9 Å². The molecule has 0 aromatic carbocycles. The van der Waals surface area contributed by atoms with Crippen LogP contribution in [0.15, 0.2) is 12.4 Å². The maximum atomic E-state index is 11.5. The van der Waals surface area contributed by atoms with Crippen molar-refractivity contribution in [2.24, 2.45) is 5.73 Å². The Morgan fingerprint density at radius 1 is 1.61 bits per heavy atom. The molecule has 0 bridgehead atoms. The average molecular weight is 274 g/mol. The van der Waals surface area contributed by atoms with E-state index in [1.165, 1.54) is 0 Å². The van der Waals surface area contributed by atoms with Gasteiger partial charge in [-0.3, -0.25) is 4.79 Å². The second kappa shape index (κ2) is 6.50. The van der Waals surface area contributed by atoms with Crippen LogP contribution in [0.1, 0.15) is 12.2 Å². The number of hydrogen-bond acceptors (Lipinski definition) is 5. The largest absolute Gasteiger partial charge is 0.354 e. The molecule has 1 amide bonds. The average Bonchev–Trinajstić information content (AvgIpc) is 2.77. The number of sulfone groups is 1. The van der Waals surface area contributed by atoms with Gasteiger partial charge in [0.15, 0.2) is 0 Å². The monoisotopic (exact) mass is 274 g/mol. The van der Waals surface area contributed by atoms with Gasteiger partial charge in [0.2, 0.25) is 5.91 Å². The molecular weight excluding hydrogens is 256 g/mol. The minimum absolute atomic E-state index is 0.0836. The molecule has 0 spiro atoms. The van der Waals surface area contributed by atoms with E-state index in [-0.39, 0.29) is 18.1 Å². The van der Waals surface area contributed by atoms with Crippen LogP contribution in [-0.4, -0.2) is 48.9 Å². The third-order valence-electron chi connectivity index (χ3n) is 2.35. The first kappa shape index (κ1) is 14.7. The van der Waals surface area contributed by atoms with Crippen LogP contribution in [0.2, 0.25) is 0 Å². The van der Waals surface area contributed by atoms with E-state index in [0.717, 1.165) is 12.1 Å². The number of nitrogens with two attached hydrogens (primary N) is 1. The number of carbonyl (C=O) groups excluding carboxylic acids is 1. The van der Waals surface area contributed by atoms with Crippen molar-refractivity contribution in [3.63, 3.8) is 0 Å². The number of nitrogens with zero attached hydrogens (tertiary/aromatic N) is 1. The predicted molar refractivity (Wildman–Crippen MR) is 67.6 cm³/mol. The Bertz CT molecular complexity index is 469. The number of aromatic nitrogens is 2. The third-order valence-corrected chi connectivity index (χ3v) is 3.33. The molecule has 0 aliphatic heterocycles. The van der Waals surface area contributed by atoms with E-state index in [0.29, 0.717) is 13.0 Å². The van der Waals surface area contributed by atoms with Gasteiger partial charge in [-0.05, 0) is 6.42 Å². The molecule has 18 heavy (non-hydrogen) atoms. The number of hydrogen-bond donors (Lipinski definition) is 3. The molecule has 102 valence electrons. The zero-order chi connectivity index (χ0) is 13.6. The van der Waals surface area contributed by atoms with Gasteiger partial charge in [-0.1, -0.05) is 0 Å². The highest BCUT2D eigenvalue weighted by Crippen LogP contribution is 1.94. The van der Waals surface area contributed by atoms with Crippen molar-refractivity contribution in [3.8, 4) is 0 Å². The van der Waals surface area contributed by atoms with Crippen LogP contribution in [0.3, 0.4) is 0 Å². The highest BCUT2D eigenvalue weighted by Gasteiger charge is 2.15. The lowest BCUT2D eigenvalue weighted by Gasteiger charge is -2.11. The third kappa shape index (κ3) is 5.78. The fraction of sp³-hybridized carbons (Fsp3) is 0.600. The van der Waals surface area contributed by atoms with Crippen molar-refractivity contribution in [2.45, 2.75) is 18.9 Å². The summed E-state index contributed by atoms with van der Waals surface area (Å²) in [5.41, 5.74) is 5.58. The first-order valence-electron chi connectivity index (χ1n) is 5.58. The van der Waals surface area contributed by atoms with Gasteiger partial charge in [0, 0.05) is 31.6 Å². The summed E-state index contributed by atoms with van der Waals surface area (Å²) in [7, 11) is -3.08. The van der Waals surface area contributed by atoms with Gasteiger partial charge >= 0.3 is 0 Å². The van der Waals surface area contributed by atoms with Crippen LogP contribution >= 0.6 is 0 Å². The lowest BCUT2D eigenvalue weighted by Crippen LogP contribution is -2.42. The maximum Gasteiger partial charge on any atom is 0.236 e. The normalized spacial score (nSPS) is 13.2. The van der Waals surface area contributed by atoms with Crippen LogP contribution in [0.25, 0.3) is 0 Å². The molecule has 0 fully saturated rings. The summed E-state index contributed by atoms with van der Waals surface area (Å²) >= 11 is 0. The molecule has 1 atom stereocenters. The van der Waals surface area contributed by atoms with E-state index in [1.807, 2.05) is 0 Å². The molecule has 1 aromatic heterocycles. The Balaban J connectivity index is 2.23.